The molecule has 9 nitrogen and oxygen atoms in total. The van der Waals surface area contributed by atoms with Crippen LogP contribution < -0.4 is 15.4 Å². The molecule has 1 aliphatic rings. The molecule has 2 N–H and O–H groups in total. The minimum absolute atomic E-state index is 0. The topological polar surface area (TPSA) is 103 Å². The second-order valence-electron chi connectivity index (χ2n) is 5.52. The van der Waals surface area contributed by atoms with Crippen LogP contribution in [0.25, 0.3) is 5.69 Å². The van der Waals surface area contributed by atoms with Gasteiger partial charge in [0.05, 0.1) is 19.8 Å². The van der Waals surface area contributed by atoms with Crippen molar-refractivity contribution in [3.05, 3.63) is 24.0 Å². The van der Waals surface area contributed by atoms with Crippen molar-refractivity contribution in [3.8, 4) is 11.4 Å². The number of carbonyl (C=O) groups is 1. The first-order valence-electron chi connectivity index (χ1n) is 7.69. The maximum Gasteiger partial charge on any atom is 0.244 e. The van der Waals surface area contributed by atoms with Crippen LogP contribution in [0.4, 0.5) is 5.69 Å². The summed E-state index contributed by atoms with van der Waals surface area (Å²) in [6.07, 6.45) is -0.182. The summed E-state index contributed by atoms with van der Waals surface area (Å²) in [4.78, 5) is 12.5. The molecule has 1 fully saturated rings. The number of amides is 1. The zero-order chi connectivity index (χ0) is 17.1. The summed E-state index contributed by atoms with van der Waals surface area (Å²) in [6, 6.07) is 4.92. The maximum absolute atomic E-state index is 12.5. The predicted octanol–water partition coefficient (Wildman–Crippen LogP) is 0.717. The molecule has 0 saturated carbocycles. The number of hydrogen-bond donors (Lipinski definition) is 2. The number of aryl methyl sites for hydroxylation is 1. The average Bonchev–Trinajstić information content (AvgIpc) is 3.01. The van der Waals surface area contributed by atoms with Crippen molar-refractivity contribution in [2.24, 2.45) is 0 Å². The van der Waals surface area contributed by atoms with Crippen LogP contribution in [0.1, 0.15) is 12.7 Å². The summed E-state index contributed by atoms with van der Waals surface area (Å²) < 4.78 is 12.4. The van der Waals surface area contributed by atoms with Gasteiger partial charge in [-0.1, -0.05) is 0 Å². The van der Waals surface area contributed by atoms with Crippen molar-refractivity contribution in [1.82, 2.24) is 25.5 Å². The lowest BCUT2D eigenvalue weighted by molar-refractivity contribution is -0.123. The van der Waals surface area contributed by atoms with Crippen molar-refractivity contribution in [2.75, 3.05) is 25.6 Å². The van der Waals surface area contributed by atoms with Gasteiger partial charge < -0.3 is 20.1 Å². The second kappa shape index (κ2) is 8.24. The largest absolute Gasteiger partial charge is 0.494 e. The zero-order valence-corrected chi connectivity index (χ0v) is 15.0. The van der Waals surface area contributed by atoms with E-state index < -0.39 is 0 Å². The second-order valence-corrected chi connectivity index (χ2v) is 5.52. The highest BCUT2D eigenvalue weighted by molar-refractivity contribution is 5.95. The molecular weight excluding hydrogens is 348 g/mol. The molecule has 0 aliphatic carbocycles. The van der Waals surface area contributed by atoms with Crippen molar-refractivity contribution in [3.63, 3.8) is 0 Å². The molecule has 3 rings (SSSR count). The number of anilines is 1. The number of hydrogen-bond acceptors (Lipinski definition) is 7. The van der Waals surface area contributed by atoms with E-state index in [9.17, 15) is 4.79 Å². The molecule has 1 aromatic heterocycles. The van der Waals surface area contributed by atoms with Crippen LogP contribution in [0.5, 0.6) is 5.75 Å². The Morgan fingerprint density at radius 2 is 2.28 bits per heavy atom. The van der Waals surface area contributed by atoms with E-state index in [1.807, 2.05) is 6.92 Å². The highest BCUT2D eigenvalue weighted by Crippen LogP contribution is 2.26. The molecule has 0 bridgehead atoms. The van der Waals surface area contributed by atoms with E-state index in [4.69, 9.17) is 9.47 Å². The number of carbonyl (C=O) groups excluding carboxylic acids is 1. The molecule has 25 heavy (non-hydrogen) atoms. The third-order valence-corrected chi connectivity index (χ3v) is 3.90. The van der Waals surface area contributed by atoms with Crippen molar-refractivity contribution in [1.29, 1.82) is 0 Å². The van der Waals surface area contributed by atoms with Crippen LogP contribution in [-0.2, 0) is 9.53 Å². The number of aromatic nitrogens is 4. The number of morpholine rings is 1. The first kappa shape index (κ1) is 19.1. The maximum atomic E-state index is 12.5. The fourth-order valence-corrected chi connectivity index (χ4v) is 2.63. The van der Waals surface area contributed by atoms with Gasteiger partial charge in [-0.05, 0) is 42.5 Å². The van der Waals surface area contributed by atoms with Gasteiger partial charge in [0.15, 0.2) is 5.82 Å². The molecule has 10 heteroatoms. The summed E-state index contributed by atoms with van der Waals surface area (Å²) in [5.74, 6) is 1.08. The standard InChI is InChI=1S/C15H20N6O3.ClH/c1-9-14(16-6-7-24-9)15(22)17-11-4-5-13(23-3)12(8-11)21-10(2)18-19-20-21;/h4-5,8-9,14,16H,6-7H2,1-3H3,(H,17,22);1H/t9-,14+;/m1./s1. The summed E-state index contributed by atoms with van der Waals surface area (Å²) in [6.45, 7) is 4.92. The van der Waals surface area contributed by atoms with Gasteiger partial charge in [-0.3, -0.25) is 4.79 Å². The van der Waals surface area contributed by atoms with Crippen LogP contribution in [0.15, 0.2) is 18.2 Å². The number of ether oxygens (including phenoxy) is 2. The van der Waals surface area contributed by atoms with Crippen molar-refractivity contribution in [2.45, 2.75) is 26.0 Å². The Morgan fingerprint density at radius 3 is 2.92 bits per heavy atom. The van der Waals surface area contributed by atoms with Gasteiger partial charge in [0.25, 0.3) is 0 Å². The Morgan fingerprint density at radius 1 is 1.48 bits per heavy atom. The molecular formula is C15H21ClN6O3. The molecule has 1 saturated heterocycles. The number of benzene rings is 1. The van der Waals surface area contributed by atoms with Crippen LogP contribution in [0.2, 0.25) is 0 Å². The highest BCUT2D eigenvalue weighted by Gasteiger charge is 2.28. The normalized spacial score (nSPS) is 19.8. The van der Waals surface area contributed by atoms with Crippen LogP contribution >= 0.6 is 12.4 Å². The molecule has 1 amide bonds. The Bertz CT molecular complexity index is 738. The molecule has 0 unspecified atom stereocenters. The van der Waals surface area contributed by atoms with Gasteiger partial charge in [0.2, 0.25) is 5.91 Å². The first-order chi connectivity index (χ1) is 11.6. The van der Waals surface area contributed by atoms with Crippen LogP contribution in [0, 0.1) is 6.92 Å². The van der Waals surface area contributed by atoms with E-state index in [0.29, 0.717) is 36.1 Å². The van der Waals surface area contributed by atoms with Crippen LogP contribution in [0.3, 0.4) is 0 Å². The summed E-state index contributed by atoms with van der Waals surface area (Å²) in [7, 11) is 1.57. The molecule has 2 aromatic rings. The van der Waals surface area contributed by atoms with E-state index in [0.717, 1.165) is 0 Å². The van der Waals surface area contributed by atoms with Crippen LogP contribution in [-0.4, -0.2) is 58.5 Å². The minimum atomic E-state index is -0.390. The van der Waals surface area contributed by atoms with Gasteiger partial charge in [0.1, 0.15) is 17.5 Å². The zero-order valence-electron chi connectivity index (χ0n) is 14.2. The molecule has 2 heterocycles. The Labute approximate surface area is 151 Å². The van der Waals surface area contributed by atoms with Gasteiger partial charge >= 0.3 is 0 Å². The fraction of sp³-hybridized carbons (Fsp3) is 0.467. The van der Waals surface area contributed by atoms with E-state index in [-0.39, 0.29) is 30.5 Å². The predicted molar refractivity (Wildman–Crippen MR) is 93.5 cm³/mol. The lowest BCUT2D eigenvalue weighted by Gasteiger charge is -2.29. The third-order valence-electron chi connectivity index (χ3n) is 3.90. The number of nitrogens with zero attached hydrogens (tertiary/aromatic N) is 4. The number of tetrazole rings is 1. The third kappa shape index (κ3) is 4.06. The summed E-state index contributed by atoms with van der Waals surface area (Å²) in [5.41, 5.74) is 1.28. The Hall–Kier alpha value is -2.23. The number of methoxy groups -OCH3 is 1. The smallest absolute Gasteiger partial charge is 0.244 e. The Kier molecular flexibility index (Phi) is 6.29. The molecule has 1 aliphatic heterocycles. The molecule has 1 aromatic carbocycles. The summed E-state index contributed by atoms with van der Waals surface area (Å²) in [5, 5.41) is 17.5. The quantitative estimate of drug-likeness (QED) is 0.819. The molecule has 2 atom stereocenters. The average molecular weight is 369 g/mol. The van der Waals surface area contributed by atoms with E-state index >= 15 is 0 Å². The Balaban J connectivity index is 0.00000225. The molecule has 0 spiro atoms. The van der Waals surface area contributed by atoms with Crippen molar-refractivity contribution >= 4 is 24.0 Å². The lowest BCUT2D eigenvalue weighted by atomic mass is 10.1. The minimum Gasteiger partial charge on any atom is -0.494 e. The molecule has 0 radical (unpaired) electrons. The van der Waals surface area contributed by atoms with E-state index in [2.05, 4.69) is 26.2 Å². The molecule has 136 valence electrons. The number of rotatable bonds is 4. The number of halogens is 1. The van der Waals surface area contributed by atoms with Gasteiger partial charge in [-0.25, -0.2) is 0 Å². The first-order valence-corrected chi connectivity index (χ1v) is 7.69. The van der Waals surface area contributed by atoms with Crippen molar-refractivity contribution < 1.29 is 14.3 Å². The summed E-state index contributed by atoms with van der Waals surface area (Å²) >= 11 is 0. The highest BCUT2D eigenvalue weighted by atomic mass is 35.5. The van der Waals surface area contributed by atoms with Gasteiger partial charge in [-0.15, -0.1) is 17.5 Å². The number of nitrogens with one attached hydrogen (secondary N) is 2. The van der Waals surface area contributed by atoms with Gasteiger partial charge in [0, 0.05) is 12.2 Å². The SMILES string of the molecule is COc1ccc(NC(=O)[C@H]2NCCO[C@@H]2C)cc1-n1nnnc1C.Cl. The fourth-order valence-electron chi connectivity index (χ4n) is 2.63. The monoisotopic (exact) mass is 368 g/mol. The van der Waals surface area contributed by atoms with E-state index in [1.165, 1.54) is 0 Å². The van der Waals surface area contributed by atoms with E-state index in [1.54, 1.807) is 36.9 Å². The van der Waals surface area contributed by atoms with Gasteiger partial charge in [-0.2, -0.15) is 4.68 Å². The lowest BCUT2D eigenvalue weighted by Crippen LogP contribution is -2.53.